The molecule has 3 aliphatic rings. The van der Waals surface area contributed by atoms with Gasteiger partial charge in [-0.1, -0.05) is 66.7 Å². The molecular weight excluding hydrogens is 387 g/mol. The second kappa shape index (κ2) is 7.23. The van der Waals surface area contributed by atoms with E-state index in [2.05, 4.69) is 47.5 Å². The Bertz CT molecular complexity index is 1130. The summed E-state index contributed by atoms with van der Waals surface area (Å²) in [5.41, 5.74) is 3.50. The van der Waals surface area contributed by atoms with E-state index < -0.39 is 5.72 Å². The average molecular weight is 413 g/mol. The number of hydrogen-bond donors (Lipinski definition) is 0. The molecule has 1 aliphatic carbocycles. The SMILES string of the molecule is Fc1ccccc1C1=NN2C(C1)c1ccccc1OC21CCC(c2ccccc2)CC1. The number of fused-ring (bicyclic) bond motifs is 4. The molecule has 3 nitrogen and oxygen atoms in total. The summed E-state index contributed by atoms with van der Waals surface area (Å²) in [4.78, 5) is 0. The number of benzene rings is 3. The van der Waals surface area contributed by atoms with Crippen LogP contribution in [0.3, 0.4) is 0 Å². The maximum Gasteiger partial charge on any atom is 0.198 e. The van der Waals surface area contributed by atoms with Crippen molar-refractivity contribution in [3.05, 3.63) is 101 Å². The number of ether oxygens (including phenoxy) is 1. The van der Waals surface area contributed by atoms with Crippen LogP contribution in [0.15, 0.2) is 84.0 Å². The maximum atomic E-state index is 14.6. The molecule has 2 heterocycles. The molecule has 0 radical (unpaired) electrons. The lowest BCUT2D eigenvalue weighted by molar-refractivity contribution is -0.142. The minimum Gasteiger partial charge on any atom is -0.466 e. The minimum absolute atomic E-state index is 0.0906. The van der Waals surface area contributed by atoms with Crippen LogP contribution in [0.25, 0.3) is 0 Å². The molecule has 0 amide bonds. The van der Waals surface area contributed by atoms with Crippen molar-refractivity contribution in [1.29, 1.82) is 0 Å². The van der Waals surface area contributed by atoms with Crippen molar-refractivity contribution in [2.75, 3.05) is 0 Å². The van der Waals surface area contributed by atoms with Crippen LogP contribution in [-0.4, -0.2) is 16.4 Å². The van der Waals surface area contributed by atoms with Gasteiger partial charge in [-0.3, -0.25) is 0 Å². The van der Waals surface area contributed by atoms with Crippen LogP contribution in [0.1, 0.15) is 60.8 Å². The summed E-state index contributed by atoms with van der Waals surface area (Å²) >= 11 is 0. The fourth-order valence-electron chi connectivity index (χ4n) is 5.54. The Labute approximate surface area is 182 Å². The molecule has 0 bridgehead atoms. The molecule has 0 aromatic heterocycles. The number of rotatable bonds is 2. The van der Waals surface area contributed by atoms with E-state index in [1.54, 1.807) is 6.07 Å². The summed E-state index contributed by atoms with van der Waals surface area (Å²) in [6, 6.07) is 26.1. The Balaban J connectivity index is 1.36. The van der Waals surface area contributed by atoms with Crippen molar-refractivity contribution >= 4 is 5.71 Å². The van der Waals surface area contributed by atoms with Crippen molar-refractivity contribution in [3.63, 3.8) is 0 Å². The van der Waals surface area contributed by atoms with E-state index in [4.69, 9.17) is 9.84 Å². The van der Waals surface area contributed by atoms with Crippen molar-refractivity contribution in [3.8, 4) is 5.75 Å². The van der Waals surface area contributed by atoms with Crippen molar-refractivity contribution in [1.82, 2.24) is 5.01 Å². The van der Waals surface area contributed by atoms with Gasteiger partial charge in [0.1, 0.15) is 11.6 Å². The topological polar surface area (TPSA) is 24.8 Å². The third-order valence-electron chi connectivity index (χ3n) is 7.13. The summed E-state index contributed by atoms with van der Waals surface area (Å²) in [5.74, 6) is 1.28. The predicted molar refractivity (Wildman–Crippen MR) is 120 cm³/mol. The monoisotopic (exact) mass is 412 g/mol. The number of nitrogens with zero attached hydrogens (tertiary/aromatic N) is 2. The van der Waals surface area contributed by atoms with Gasteiger partial charge >= 0.3 is 0 Å². The highest BCUT2D eigenvalue weighted by Crippen LogP contribution is 2.52. The van der Waals surface area contributed by atoms with Gasteiger partial charge in [0.2, 0.25) is 0 Å². The third-order valence-corrected chi connectivity index (χ3v) is 7.13. The van der Waals surface area contributed by atoms with Crippen LogP contribution in [-0.2, 0) is 0 Å². The molecule has 6 rings (SSSR count). The van der Waals surface area contributed by atoms with Gasteiger partial charge in [-0.15, -0.1) is 0 Å². The zero-order chi connectivity index (χ0) is 20.8. The molecule has 1 spiro atoms. The van der Waals surface area contributed by atoms with E-state index in [0.29, 0.717) is 17.9 Å². The van der Waals surface area contributed by atoms with Crippen LogP contribution in [0, 0.1) is 5.82 Å². The van der Waals surface area contributed by atoms with Crippen molar-refractivity contribution in [2.24, 2.45) is 5.10 Å². The molecule has 31 heavy (non-hydrogen) atoms. The Morgan fingerprint density at radius 1 is 0.871 bits per heavy atom. The zero-order valence-corrected chi connectivity index (χ0v) is 17.4. The lowest BCUT2D eigenvalue weighted by atomic mass is 9.78. The van der Waals surface area contributed by atoms with Gasteiger partial charge in [0.15, 0.2) is 5.72 Å². The van der Waals surface area contributed by atoms with Gasteiger partial charge in [0.25, 0.3) is 0 Å². The van der Waals surface area contributed by atoms with E-state index in [9.17, 15) is 4.39 Å². The van der Waals surface area contributed by atoms with Gasteiger partial charge in [-0.25, -0.2) is 9.40 Å². The van der Waals surface area contributed by atoms with Crippen molar-refractivity contribution < 1.29 is 9.13 Å². The Hall–Kier alpha value is -3.14. The van der Waals surface area contributed by atoms with E-state index in [-0.39, 0.29) is 11.9 Å². The first-order chi connectivity index (χ1) is 15.2. The van der Waals surface area contributed by atoms with Crippen LogP contribution in [0.2, 0.25) is 0 Å². The van der Waals surface area contributed by atoms with Crippen LogP contribution >= 0.6 is 0 Å². The van der Waals surface area contributed by atoms with E-state index >= 15 is 0 Å². The van der Waals surface area contributed by atoms with E-state index in [1.807, 2.05) is 24.3 Å². The molecule has 3 aromatic rings. The lowest BCUT2D eigenvalue weighted by Gasteiger charge is -2.50. The molecule has 1 fully saturated rings. The van der Waals surface area contributed by atoms with Gasteiger partial charge in [-0.05, 0) is 36.5 Å². The normalized spacial score (nSPS) is 26.7. The second-order valence-corrected chi connectivity index (χ2v) is 8.86. The van der Waals surface area contributed by atoms with Gasteiger partial charge in [0, 0.05) is 30.4 Å². The average Bonchev–Trinajstić information content (AvgIpc) is 3.27. The summed E-state index contributed by atoms with van der Waals surface area (Å²) < 4.78 is 21.3. The van der Waals surface area contributed by atoms with Crippen LogP contribution < -0.4 is 4.74 Å². The van der Waals surface area contributed by atoms with E-state index in [1.165, 1.54) is 11.6 Å². The van der Waals surface area contributed by atoms with Crippen LogP contribution in [0.4, 0.5) is 4.39 Å². The molecule has 156 valence electrons. The Morgan fingerprint density at radius 3 is 2.39 bits per heavy atom. The highest BCUT2D eigenvalue weighted by molar-refractivity contribution is 6.02. The third kappa shape index (κ3) is 3.04. The highest BCUT2D eigenvalue weighted by atomic mass is 19.1. The van der Waals surface area contributed by atoms with Gasteiger partial charge < -0.3 is 4.74 Å². The summed E-state index contributed by atoms with van der Waals surface area (Å²) in [7, 11) is 0. The molecule has 0 saturated heterocycles. The predicted octanol–water partition coefficient (Wildman–Crippen LogP) is 6.42. The highest BCUT2D eigenvalue weighted by Gasteiger charge is 2.52. The number of halogens is 1. The number of para-hydroxylation sites is 1. The molecule has 1 unspecified atom stereocenters. The molecular formula is C27H25FN2O. The fourth-order valence-corrected chi connectivity index (χ4v) is 5.54. The van der Waals surface area contributed by atoms with Gasteiger partial charge in [0.05, 0.1) is 11.8 Å². The van der Waals surface area contributed by atoms with Crippen molar-refractivity contribution in [2.45, 2.75) is 49.8 Å². The van der Waals surface area contributed by atoms with Crippen LogP contribution in [0.5, 0.6) is 5.75 Å². The summed E-state index contributed by atoms with van der Waals surface area (Å²) in [5, 5.41) is 7.16. The Kier molecular flexibility index (Phi) is 4.34. The molecule has 1 atom stereocenters. The fraction of sp³-hybridized carbons (Fsp3) is 0.296. The second-order valence-electron chi connectivity index (χ2n) is 8.86. The van der Waals surface area contributed by atoms with E-state index in [0.717, 1.165) is 42.7 Å². The Morgan fingerprint density at radius 2 is 1.58 bits per heavy atom. The minimum atomic E-state index is -0.461. The summed E-state index contributed by atoms with van der Waals surface area (Å²) in [6.07, 6.45) is 4.63. The first-order valence-electron chi connectivity index (χ1n) is 11.2. The lowest BCUT2D eigenvalue weighted by Crippen LogP contribution is -2.55. The summed E-state index contributed by atoms with van der Waals surface area (Å²) in [6.45, 7) is 0. The standard InChI is InChI=1S/C27H25FN2O/c28-23-12-6-4-10-21(23)24-18-25-22-11-5-7-13-26(22)31-27(30(25)29-24)16-14-20(15-17-27)19-8-2-1-3-9-19/h1-13,20,25H,14-18H2. The van der Waals surface area contributed by atoms with Gasteiger partial charge in [-0.2, -0.15) is 5.10 Å². The quantitative estimate of drug-likeness (QED) is 0.485. The number of hydrogen-bond acceptors (Lipinski definition) is 3. The first kappa shape index (κ1) is 18.6. The molecule has 1 saturated carbocycles. The molecule has 4 heteroatoms. The largest absolute Gasteiger partial charge is 0.466 e. The molecule has 0 N–H and O–H groups in total. The molecule has 2 aliphatic heterocycles. The smallest absolute Gasteiger partial charge is 0.198 e. The number of hydrazone groups is 1. The molecule has 3 aromatic carbocycles. The zero-order valence-electron chi connectivity index (χ0n) is 17.4. The maximum absolute atomic E-state index is 14.6. The first-order valence-corrected chi connectivity index (χ1v) is 11.2.